The van der Waals surface area contributed by atoms with Gasteiger partial charge in [-0.05, 0) is 69.0 Å². The predicted octanol–water partition coefficient (Wildman–Crippen LogP) is 5.09. The molecule has 2 fully saturated rings. The Balaban J connectivity index is 0.000000391. The van der Waals surface area contributed by atoms with Crippen molar-refractivity contribution in [1.29, 1.82) is 0 Å². The maximum Gasteiger partial charge on any atom is 0.287 e. The Morgan fingerprint density at radius 2 is 1.77 bits per heavy atom. The molecule has 1 aromatic heterocycles. The van der Waals surface area contributed by atoms with E-state index in [9.17, 15) is 4.79 Å². The van der Waals surface area contributed by atoms with Crippen LogP contribution in [0.15, 0.2) is 34.1 Å². The van der Waals surface area contributed by atoms with E-state index in [4.69, 9.17) is 16.3 Å². The lowest BCUT2D eigenvalue weighted by atomic mass is 10.1. The molecule has 31 heavy (non-hydrogen) atoms. The molecule has 0 saturated carbocycles. The number of benzene rings is 1. The molecule has 2 aliphatic heterocycles. The number of ether oxygens (including phenoxy) is 1. The lowest BCUT2D eigenvalue weighted by molar-refractivity contribution is 0.0968. The standard InChI is InChI=1S/C18H23ClN4OS.C5H10O/c1-12-5-4-6-13(2)17(12)25-22-9-7-14(8-10-22)23-18(24)16(19)15(20-3)11-21-23;1-2-4-6-5-3-1/h4-6,11,14,20H,7-10H2,1-3H3;1-5H2. The van der Waals surface area contributed by atoms with Crippen molar-refractivity contribution >= 4 is 29.2 Å². The van der Waals surface area contributed by atoms with Crippen molar-refractivity contribution in [2.45, 2.75) is 56.9 Å². The van der Waals surface area contributed by atoms with Crippen molar-refractivity contribution in [2.24, 2.45) is 0 Å². The summed E-state index contributed by atoms with van der Waals surface area (Å²) in [6.45, 7) is 8.14. The molecule has 1 N–H and O–H groups in total. The normalized spacial score (nSPS) is 17.7. The molecule has 0 bridgehead atoms. The van der Waals surface area contributed by atoms with Gasteiger partial charge >= 0.3 is 0 Å². The average molecular weight is 465 g/mol. The van der Waals surface area contributed by atoms with E-state index in [-0.39, 0.29) is 16.6 Å². The van der Waals surface area contributed by atoms with Crippen molar-refractivity contribution in [3.05, 3.63) is 50.9 Å². The fourth-order valence-corrected chi connectivity index (χ4v) is 5.12. The molecule has 0 radical (unpaired) electrons. The summed E-state index contributed by atoms with van der Waals surface area (Å²) < 4.78 is 8.99. The lowest BCUT2D eigenvalue weighted by Crippen LogP contribution is -2.36. The number of aromatic nitrogens is 2. The van der Waals surface area contributed by atoms with Crippen LogP contribution in [0.4, 0.5) is 5.69 Å². The molecule has 8 heteroatoms. The highest BCUT2D eigenvalue weighted by Gasteiger charge is 2.24. The fraction of sp³-hybridized carbons (Fsp3) is 0.565. The Morgan fingerprint density at radius 3 is 2.29 bits per heavy atom. The SMILES string of the molecule is C1CCOCC1.CNc1cnn(C2CCN(Sc3c(C)cccc3C)CC2)c(=O)c1Cl. The van der Waals surface area contributed by atoms with Gasteiger partial charge in [-0.3, -0.25) is 4.79 Å². The summed E-state index contributed by atoms with van der Waals surface area (Å²) >= 11 is 7.96. The molecular formula is C23H33ClN4O2S. The van der Waals surface area contributed by atoms with Crippen LogP contribution in [0.3, 0.4) is 0 Å². The summed E-state index contributed by atoms with van der Waals surface area (Å²) in [6.07, 6.45) is 7.33. The van der Waals surface area contributed by atoms with E-state index in [0.29, 0.717) is 5.69 Å². The second-order valence-electron chi connectivity index (χ2n) is 8.02. The van der Waals surface area contributed by atoms with Crippen molar-refractivity contribution in [1.82, 2.24) is 14.1 Å². The smallest absolute Gasteiger partial charge is 0.287 e. The molecule has 0 unspecified atom stereocenters. The van der Waals surface area contributed by atoms with Gasteiger partial charge in [-0.1, -0.05) is 29.8 Å². The number of aryl methyl sites for hydroxylation is 2. The van der Waals surface area contributed by atoms with Crippen LogP contribution in [0.5, 0.6) is 0 Å². The van der Waals surface area contributed by atoms with Crippen LogP contribution in [0, 0.1) is 13.8 Å². The lowest BCUT2D eigenvalue weighted by Gasteiger charge is -2.32. The summed E-state index contributed by atoms with van der Waals surface area (Å²) in [5, 5.41) is 7.41. The number of anilines is 1. The van der Waals surface area contributed by atoms with Crippen LogP contribution in [0.1, 0.15) is 49.3 Å². The van der Waals surface area contributed by atoms with Crippen molar-refractivity contribution < 1.29 is 4.74 Å². The third kappa shape index (κ3) is 6.48. The molecule has 170 valence electrons. The fourth-order valence-electron chi connectivity index (χ4n) is 3.82. The highest BCUT2D eigenvalue weighted by atomic mass is 35.5. The topological polar surface area (TPSA) is 59.4 Å². The molecule has 3 heterocycles. The van der Waals surface area contributed by atoms with Gasteiger partial charge in [0.25, 0.3) is 5.56 Å². The predicted molar refractivity (Wildman–Crippen MR) is 129 cm³/mol. The van der Waals surface area contributed by atoms with E-state index in [1.165, 1.54) is 35.3 Å². The van der Waals surface area contributed by atoms with Crippen LogP contribution in [-0.4, -0.2) is 47.4 Å². The van der Waals surface area contributed by atoms with Gasteiger partial charge in [0.1, 0.15) is 5.02 Å². The number of nitrogens with one attached hydrogen (secondary N) is 1. The molecule has 2 saturated heterocycles. The van der Waals surface area contributed by atoms with Crippen LogP contribution in [-0.2, 0) is 4.74 Å². The van der Waals surface area contributed by atoms with E-state index in [2.05, 4.69) is 46.8 Å². The Morgan fingerprint density at radius 1 is 1.13 bits per heavy atom. The van der Waals surface area contributed by atoms with Gasteiger partial charge in [0.15, 0.2) is 0 Å². The summed E-state index contributed by atoms with van der Waals surface area (Å²) in [5.74, 6) is 0. The summed E-state index contributed by atoms with van der Waals surface area (Å²) in [4.78, 5) is 13.8. The van der Waals surface area contributed by atoms with Crippen LogP contribution >= 0.6 is 23.5 Å². The highest BCUT2D eigenvalue weighted by molar-refractivity contribution is 7.97. The Labute approximate surface area is 194 Å². The van der Waals surface area contributed by atoms with Crippen LogP contribution in [0.2, 0.25) is 5.02 Å². The van der Waals surface area contributed by atoms with Gasteiger partial charge in [0.05, 0.1) is 17.9 Å². The van der Waals surface area contributed by atoms with E-state index in [1.807, 2.05) is 11.9 Å². The minimum absolute atomic E-state index is 0.103. The van der Waals surface area contributed by atoms with Crippen molar-refractivity contribution in [2.75, 3.05) is 38.7 Å². The van der Waals surface area contributed by atoms with Gasteiger partial charge in [0.2, 0.25) is 0 Å². The minimum atomic E-state index is -0.214. The quantitative estimate of drug-likeness (QED) is 0.636. The molecule has 1 aromatic carbocycles. The number of rotatable bonds is 4. The Bertz CT molecular complexity index is 877. The number of hydrogen-bond donors (Lipinski definition) is 1. The third-order valence-electron chi connectivity index (χ3n) is 5.69. The second kappa shape index (κ2) is 11.9. The van der Waals surface area contributed by atoms with E-state index in [1.54, 1.807) is 17.9 Å². The molecule has 0 aliphatic carbocycles. The first-order chi connectivity index (χ1) is 15.0. The zero-order valence-electron chi connectivity index (χ0n) is 18.7. The van der Waals surface area contributed by atoms with Gasteiger partial charge < -0.3 is 10.1 Å². The molecule has 4 rings (SSSR count). The number of nitrogens with zero attached hydrogens (tertiary/aromatic N) is 3. The first-order valence-electron chi connectivity index (χ1n) is 11.0. The summed E-state index contributed by atoms with van der Waals surface area (Å²) in [7, 11) is 1.73. The Hall–Kier alpha value is -1.54. The second-order valence-corrected chi connectivity index (χ2v) is 9.50. The first-order valence-corrected chi connectivity index (χ1v) is 12.2. The zero-order valence-corrected chi connectivity index (χ0v) is 20.3. The molecule has 2 aliphatic rings. The Kier molecular flexibility index (Phi) is 9.26. The van der Waals surface area contributed by atoms with Gasteiger partial charge in [-0.25, -0.2) is 8.99 Å². The minimum Gasteiger partial charge on any atom is -0.385 e. The molecule has 0 atom stereocenters. The molecule has 6 nitrogen and oxygen atoms in total. The highest BCUT2D eigenvalue weighted by Crippen LogP contribution is 2.33. The maximum absolute atomic E-state index is 12.4. The summed E-state index contributed by atoms with van der Waals surface area (Å²) in [6, 6.07) is 6.50. The number of piperidine rings is 1. The number of halogens is 1. The largest absolute Gasteiger partial charge is 0.385 e. The van der Waals surface area contributed by atoms with Gasteiger partial charge in [-0.2, -0.15) is 5.10 Å². The molecule has 0 spiro atoms. The average Bonchev–Trinajstić information content (AvgIpc) is 2.80. The van der Waals surface area contributed by atoms with E-state index in [0.717, 1.165) is 39.1 Å². The van der Waals surface area contributed by atoms with Crippen molar-refractivity contribution in [3.8, 4) is 0 Å². The van der Waals surface area contributed by atoms with Gasteiger partial charge in [-0.15, -0.1) is 0 Å². The van der Waals surface area contributed by atoms with Gasteiger partial charge in [0, 0.05) is 38.2 Å². The molecule has 2 aromatic rings. The summed E-state index contributed by atoms with van der Waals surface area (Å²) in [5.41, 5.74) is 2.97. The van der Waals surface area contributed by atoms with E-state index < -0.39 is 0 Å². The molecule has 0 amide bonds. The maximum atomic E-state index is 12.4. The molecular weight excluding hydrogens is 432 g/mol. The monoisotopic (exact) mass is 464 g/mol. The third-order valence-corrected chi connectivity index (χ3v) is 7.50. The zero-order chi connectivity index (χ0) is 22.2. The van der Waals surface area contributed by atoms with Crippen LogP contribution in [0.25, 0.3) is 0 Å². The van der Waals surface area contributed by atoms with E-state index >= 15 is 0 Å². The first kappa shape index (κ1) is 24.1. The van der Waals surface area contributed by atoms with Crippen LogP contribution < -0.4 is 10.9 Å². The van der Waals surface area contributed by atoms with Crippen molar-refractivity contribution in [3.63, 3.8) is 0 Å². The number of hydrogen-bond acceptors (Lipinski definition) is 6.